The van der Waals surface area contributed by atoms with Crippen molar-refractivity contribution in [2.75, 3.05) is 0 Å². The van der Waals surface area contributed by atoms with E-state index in [1.165, 1.54) is 6.29 Å². The summed E-state index contributed by atoms with van der Waals surface area (Å²) in [5.41, 5.74) is 2.83. The van der Waals surface area contributed by atoms with Gasteiger partial charge in [0, 0.05) is 12.0 Å². The van der Waals surface area contributed by atoms with E-state index < -0.39 is 5.78 Å². The number of rotatable bonds is 3. The first-order chi connectivity index (χ1) is 9.29. The molecule has 0 unspecified atom stereocenters. The Balaban J connectivity index is 2.07. The van der Waals surface area contributed by atoms with Gasteiger partial charge in [-0.3, -0.25) is 9.59 Å². The largest absolute Gasteiger partial charge is 0.452 e. The highest BCUT2D eigenvalue weighted by atomic mass is 16.5. The molecule has 0 saturated heterocycles. The number of allylic oxidation sites excluding steroid dienone is 6. The van der Waals surface area contributed by atoms with Crippen molar-refractivity contribution in [2.24, 2.45) is 0 Å². The number of para-hydroxylation sites is 1. The van der Waals surface area contributed by atoms with Crippen LogP contribution in [-0.4, -0.2) is 12.1 Å². The number of hydrogen-bond acceptors (Lipinski definition) is 3. The van der Waals surface area contributed by atoms with E-state index in [9.17, 15) is 9.59 Å². The summed E-state index contributed by atoms with van der Waals surface area (Å²) in [6.45, 7) is 0. The molecule has 1 radical (unpaired) electrons. The average molecular weight is 251 g/mol. The standard InChI is InChI=1S/C16H11O3/c17-10-14(18)16-13(11-5-1-2-6-11)9-12-7-3-4-8-15(12)19-16/h1-5,7-8H,6,9H2. The van der Waals surface area contributed by atoms with Crippen LogP contribution in [0.2, 0.25) is 0 Å². The summed E-state index contributed by atoms with van der Waals surface area (Å²) in [4.78, 5) is 22.3. The number of carbonyl (C=O) groups is 1. The summed E-state index contributed by atoms with van der Waals surface area (Å²) in [6.07, 6.45) is 8.66. The van der Waals surface area contributed by atoms with Gasteiger partial charge in [-0.2, -0.15) is 0 Å². The Morgan fingerprint density at radius 1 is 1.26 bits per heavy atom. The average Bonchev–Trinajstić information content (AvgIpc) is 2.99. The van der Waals surface area contributed by atoms with Gasteiger partial charge in [-0.25, -0.2) is 0 Å². The van der Waals surface area contributed by atoms with Crippen molar-refractivity contribution in [2.45, 2.75) is 12.8 Å². The van der Waals surface area contributed by atoms with Gasteiger partial charge in [0.05, 0.1) is 0 Å². The lowest BCUT2D eigenvalue weighted by Crippen LogP contribution is -2.19. The summed E-state index contributed by atoms with van der Waals surface area (Å²) >= 11 is 0. The number of fused-ring (bicyclic) bond motifs is 1. The third-order valence-electron chi connectivity index (χ3n) is 3.28. The molecule has 0 amide bonds. The van der Waals surface area contributed by atoms with Gasteiger partial charge in [0.1, 0.15) is 5.75 Å². The van der Waals surface area contributed by atoms with E-state index in [1.807, 2.05) is 36.4 Å². The van der Waals surface area contributed by atoms with Crippen molar-refractivity contribution >= 4 is 12.1 Å². The van der Waals surface area contributed by atoms with Gasteiger partial charge in [-0.1, -0.05) is 36.4 Å². The van der Waals surface area contributed by atoms with Crippen LogP contribution in [0.4, 0.5) is 0 Å². The van der Waals surface area contributed by atoms with E-state index in [0.717, 1.165) is 23.1 Å². The summed E-state index contributed by atoms with van der Waals surface area (Å²) < 4.78 is 5.61. The molecule has 2 aliphatic rings. The Kier molecular flexibility index (Phi) is 2.88. The van der Waals surface area contributed by atoms with Crippen LogP contribution in [0.15, 0.2) is 59.4 Å². The van der Waals surface area contributed by atoms with E-state index in [0.29, 0.717) is 12.2 Å². The molecular weight excluding hydrogens is 240 g/mol. The molecule has 0 atom stereocenters. The first-order valence-corrected chi connectivity index (χ1v) is 6.07. The summed E-state index contributed by atoms with van der Waals surface area (Å²) in [7, 11) is 0. The predicted octanol–water partition coefficient (Wildman–Crippen LogP) is 2.44. The number of hydrogen-bond donors (Lipinski definition) is 0. The van der Waals surface area contributed by atoms with Crippen molar-refractivity contribution in [1.82, 2.24) is 0 Å². The molecule has 0 aromatic heterocycles. The fraction of sp³-hybridized carbons (Fsp3) is 0.125. The Bertz CT molecular complexity index is 648. The predicted molar refractivity (Wildman–Crippen MR) is 70.3 cm³/mol. The van der Waals surface area contributed by atoms with Crippen LogP contribution >= 0.6 is 0 Å². The quantitative estimate of drug-likeness (QED) is 0.775. The molecule has 3 rings (SSSR count). The number of carbonyl (C=O) groups excluding carboxylic acids is 2. The first-order valence-electron chi connectivity index (χ1n) is 6.07. The fourth-order valence-corrected chi connectivity index (χ4v) is 2.35. The Morgan fingerprint density at radius 3 is 2.84 bits per heavy atom. The van der Waals surface area contributed by atoms with Crippen LogP contribution in [0.3, 0.4) is 0 Å². The Morgan fingerprint density at radius 2 is 2.11 bits per heavy atom. The first kappa shape index (κ1) is 11.7. The molecule has 1 aliphatic carbocycles. The van der Waals surface area contributed by atoms with Crippen molar-refractivity contribution in [3.8, 4) is 5.75 Å². The Labute approximate surface area is 110 Å². The van der Waals surface area contributed by atoms with Crippen molar-refractivity contribution < 1.29 is 14.3 Å². The van der Waals surface area contributed by atoms with Crippen molar-refractivity contribution in [1.29, 1.82) is 0 Å². The molecular formula is C16H11O3. The molecule has 3 nitrogen and oxygen atoms in total. The monoisotopic (exact) mass is 251 g/mol. The maximum Gasteiger partial charge on any atom is 0.280 e. The molecule has 1 heterocycles. The normalized spacial score (nSPS) is 16.7. The van der Waals surface area contributed by atoms with E-state index >= 15 is 0 Å². The van der Waals surface area contributed by atoms with Crippen LogP contribution in [-0.2, 0) is 16.0 Å². The third kappa shape index (κ3) is 2.03. The van der Waals surface area contributed by atoms with Gasteiger partial charge in [0.2, 0.25) is 0 Å². The summed E-state index contributed by atoms with van der Waals surface area (Å²) in [5.74, 6) is 0.0253. The zero-order chi connectivity index (χ0) is 13.2. The molecule has 1 aliphatic heterocycles. The maximum atomic E-state index is 11.7. The maximum absolute atomic E-state index is 11.7. The van der Waals surface area contributed by atoms with E-state index in [1.54, 1.807) is 6.07 Å². The summed E-state index contributed by atoms with van der Waals surface area (Å²) in [6, 6.07) is 7.53. The molecule has 1 aromatic carbocycles. The van der Waals surface area contributed by atoms with Gasteiger partial charge in [0.15, 0.2) is 5.76 Å². The zero-order valence-corrected chi connectivity index (χ0v) is 10.2. The van der Waals surface area contributed by atoms with Crippen LogP contribution in [0, 0.1) is 0 Å². The highest BCUT2D eigenvalue weighted by Gasteiger charge is 2.27. The second kappa shape index (κ2) is 4.69. The van der Waals surface area contributed by atoms with Crippen LogP contribution in [0.1, 0.15) is 12.0 Å². The van der Waals surface area contributed by atoms with Crippen LogP contribution in [0.25, 0.3) is 0 Å². The van der Waals surface area contributed by atoms with Gasteiger partial charge in [0.25, 0.3) is 12.1 Å². The molecule has 0 spiro atoms. The Hall–Kier alpha value is -2.42. The molecule has 0 fully saturated rings. The molecule has 0 saturated carbocycles. The van der Waals surface area contributed by atoms with E-state index in [-0.39, 0.29) is 5.76 Å². The highest BCUT2D eigenvalue weighted by Crippen LogP contribution is 2.35. The lowest BCUT2D eigenvalue weighted by Gasteiger charge is -2.22. The molecule has 1 aromatic rings. The fourth-order valence-electron chi connectivity index (χ4n) is 2.35. The van der Waals surface area contributed by atoms with Crippen LogP contribution < -0.4 is 4.74 Å². The lowest BCUT2D eigenvalue weighted by atomic mass is 9.92. The minimum absolute atomic E-state index is 0.114. The topological polar surface area (TPSA) is 43.4 Å². The minimum atomic E-state index is -0.725. The molecule has 93 valence electrons. The number of Topliss-reactive ketones (excluding diaryl/α,β-unsaturated/α-hetero) is 1. The van der Waals surface area contributed by atoms with Gasteiger partial charge in [-0.15, -0.1) is 0 Å². The highest BCUT2D eigenvalue weighted by molar-refractivity contribution is 6.33. The molecule has 0 bridgehead atoms. The number of benzene rings is 1. The SMILES string of the molecule is O=[C]C(=O)C1=C(C2=CC=CC2)Cc2ccccc2O1. The van der Waals surface area contributed by atoms with Gasteiger partial charge in [-0.05, 0) is 23.6 Å². The zero-order valence-electron chi connectivity index (χ0n) is 10.2. The second-order valence-electron chi connectivity index (χ2n) is 4.45. The van der Waals surface area contributed by atoms with Crippen molar-refractivity contribution in [3.63, 3.8) is 0 Å². The molecule has 19 heavy (non-hydrogen) atoms. The molecule has 3 heteroatoms. The third-order valence-corrected chi connectivity index (χ3v) is 3.28. The minimum Gasteiger partial charge on any atom is -0.452 e. The van der Waals surface area contributed by atoms with Gasteiger partial charge >= 0.3 is 0 Å². The van der Waals surface area contributed by atoms with Crippen molar-refractivity contribution in [3.05, 3.63) is 65.0 Å². The van der Waals surface area contributed by atoms with Gasteiger partial charge < -0.3 is 4.74 Å². The summed E-state index contributed by atoms with van der Waals surface area (Å²) in [5, 5.41) is 0. The smallest absolute Gasteiger partial charge is 0.280 e. The second-order valence-corrected chi connectivity index (χ2v) is 4.45. The van der Waals surface area contributed by atoms with Crippen LogP contribution in [0.5, 0.6) is 5.75 Å². The van der Waals surface area contributed by atoms with E-state index in [4.69, 9.17) is 4.74 Å². The lowest BCUT2D eigenvalue weighted by molar-refractivity contribution is -0.111. The van der Waals surface area contributed by atoms with E-state index in [2.05, 4.69) is 0 Å². The number of ether oxygens (including phenoxy) is 1. The molecule has 0 N–H and O–H groups in total. The number of ketones is 1.